The number of hydrogen-bond acceptors (Lipinski definition) is 4. The number of nitrogens with zero attached hydrogens (tertiary/aromatic N) is 3. The van der Waals surface area contributed by atoms with Crippen LogP contribution in [-0.2, 0) is 4.79 Å². The second-order valence-corrected chi connectivity index (χ2v) is 6.61. The summed E-state index contributed by atoms with van der Waals surface area (Å²) in [6, 6.07) is 5.94. The van der Waals surface area contributed by atoms with Gasteiger partial charge in [-0.3, -0.25) is 19.7 Å². The van der Waals surface area contributed by atoms with Gasteiger partial charge in [0, 0.05) is 37.7 Å². The predicted molar refractivity (Wildman–Crippen MR) is 85.0 cm³/mol. The van der Waals surface area contributed by atoms with E-state index >= 15 is 0 Å². The zero-order valence-electron chi connectivity index (χ0n) is 13.6. The highest BCUT2D eigenvalue weighted by Gasteiger charge is 2.32. The molecular formula is C16H21N3O4. The van der Waals surface area contributed by atoms with Crippen LogP contribution in [0.2, 0.25) is 0 Å². The standard InChI is InChI=1S/C16H21N3O4/c1-16(2,3)15(21)18-10-8-17(9-11-18)14(20)12-6-4-5-7-13(12)19(22)23/h4-7H,8-11H2,1-3H3. The van der Waals surface area contributed by atoms with Gasteiger partial charge in [-0.05, 0) is 6.07 Å². The van der Waals surface area contributed by atoms with Crippen LogP contribution in [0.1, 0.15) is 31.1 Å². The highest BCUT2D eigenvalue weighted by Crippen LogP contribution is 2.22. The van der Waals surface area contributed by atoms with Crippen LogP contribution in [0.25, 0.3) is 0 Å². The van der Waals surface area contributed by atoms with E-state index in [1.165, 1.54) is 18.2 Å². The van der Waals surface area contributed by atoms with Gasteiger partial charge in [0.25, 0.3) is 11.6 Å². The topological polar surface area (TPSA) is 83.8 Å². The first-order valence-corrected chi connectivity index (χ1v) is 7.54. The molecule has 124 valence electrons. The van der Waals surface area contributed by atoms with Crippen molar-refractivity contribution < 1.29 is 14.5 Å². The van der Waals surface area contributed by atoms with Crippen LogP contribution in [0.4, 0.5) is 5.69 Å². The zero-order valence-corrected chi connectivity index (χ0v) is 13.6. The third-order valence-corrected chi connectivity index (χ3v) is 3.83. The Hall–Kier alpha value is -2.44. The fourth-order valence-corrected chi connectivity index (χ4v) is 2.57. The van der Waals surface area contributed by atoms with Crippen molar-refractivity contribution in [3.05, 3.63) is 39.9 Å². The third-order valence-electron chi connectivity index (χ3n) is 3.83. The summed E-state index contributed by atoms with van der Waals surface area (Å²) < 4.78 is 0. The first-order chi connectivity index (χ1) is 10.7. The Balaban J connectivity index is 2.08. The van der Waals surface area contributed by atoms with Crippen molar-refractivity contribution in [1.29, 1.82) is 0 Å². The smallest absolute Gasteiger partial charge is 0.282 e. The first kappa shape index (κ1) is 16.9. The monoisotopic (exact) mass is 319 g/mol. The third kappa shape index (κ3) is 3.67. The summed E-state index contributed by atoms with van der Waals surface area (Å²) >= 11 is 0. The molecular weight excluding hydrogens is 298 g/mol. The van der Waals surface area contributed by atoms with Gasteiger partial charge in [0.05, 0.1) is 4.92 Å². The molecule has 1 fully saturated rings. The number of rotatable bonds is 2. The molecule has 0 aromatic heterocycles. The normalized spacial score (nSPS) is 15.4. The molecule has 0 N–H and O–H groups in total. The van der Waals surface area contributed by atoms with Gasteiger partial charge < -0.3 is 9.80 Å². The van der Waals surface area contributed by atoms with Gasteiger partial charge in [-0.15, -0.1) is 0 Å². The minimum atomic E-state index is -0.549. The van der Waals surface area contributed by atoms with E-state index < -0.39 is 10.3 Å². The Kier molecular flexibility index (Phi) is 4.68. The summed E-state index contributed by atoms with van der Waals surface area (Å²) in [5.74, 6) is -0.310. The molecule has 0 saturated carbocycles. The van der Waals surface area contributed by atoms with E-state index in [2.05, 4.69) is 0 Å². The van der Waals surface area contributed by atoms with Gasteiger partial charge in [-0.1, -0.05) is 32.9 Å². The van der Waals surface area contributed by atoms with Crippen LogP contribution in [0.15, 0.2) is 24.3 Å². The van der Waals surface area contributed by atoms with Crippen molar-refractivity contribution >= 4 is 17.5 Å². The molecule has 1 aromatic rings. The van der Waals surface area contributed by atoms with E-state index in [0.29, 0.717) is 26.2 Å². The summed E-state index contributed by atoms with van der Waals surface area (Å²) in [5, 5.41) is 11.0. The number of benzene rings is 1. The molecule has 0 radical (unpaired) electrons. The van der Waals surface area contributed by atoms with Gasteiger partial charge >= 0.3 is 0 Å². The maximum Gasteiger partial charge on any atom is 0.282 e. The summed E-state index contributed by atoms with van der Waals surface area (Å²) in [4.78, 5) is 38.6. The van der Waals surface area contributed by atoms with Gasteiger partial charge in [-0.25, -0.2) is 0 Å². The molecule has 1 saturated heterocycles. The average molecular weight is 319 g/mol. The van der Waals surface area contributed by atoms with E-state index in [4.69, 9.17) is 0 Å². The van der Waals surface area contributed by atoms with E-state index in [9.17, 15) is 19.7 Å². The minimum absolute atomic E-state index is 0.0512. The van der Waals surface area contributed by atoms with Crippen LogP contribution in [0.3, 0.4) is 0 Å². The molecule has 2 rings (SSSR count). The van der Waals surface area contributed by atoms with E-state index in [1.54, 1.807) is 15.9 Å². The van der Waals surface area contributed by atoms with E-state index in [-0.39, 0.29) is 23.1 Å². The number of nitro groups is 1. The molecule has 0 unspecified atom stereocenters. The molecule has 2 amide bonds. The van der Waals surface area contributed by atoms with Crippen molar-refractivity contribution in [3.63, 3.8) is 0 Å². The van der Waals surface area contributed by atoms with Gasteiger partial charge in [-0.2, -0.15) is 0 Å². The molecule has 0 spiro atoms. The second kappa shape index (κ2) is 6.36. The minimum Gasteiger partial charge on any atom is -0.339 e. The molecule has 7 nitrogen and oxygen atoms in total. The number of carbonyl (C=O) groups excluding carboxylic acids is 2. The summed E-state index contributed by atoms with van der Waals surface area (Å²) in [5.41, 5.74) is -0.552. The van der Waals surface area contributed by atoms with Crippen LogP contribution < -0.4 is 0 Å². The SMILES string of the molecule is CC(C)(C)C(=O)N1CCN(C(=O)c2ccccc2[N+](=O)[O-])CC1. The van der Waals surface area contributed by atoms with Crippen LogP contribution >= 0.6 is 0 Å². The zero-order chi connectivity index (χ0) is 17.2. The highest BCUT2D eigenvalue weighted by molar-refractivity contribution is 5.98. The van der Waals surface area contributed by atoms with Gasteiger partial charge in [0.15, 0.2) is 0 Å². The number of hydrogen-bond donors (Lipinski definition) is 0. The maximum absolute atomic E-state index is 12.5. The van der Waals surface area contributed by atoms with Gasteiger partial charge in [0.2, 0.25) is 5.91 Å². The first-order valence-electron chi connectivity index (χ1n) is 7.54. The molecule has 0 atom stereocenters. The molecule has 1 heterocycles. The Morgan fingerprint density at radius 2 is 1.57 bits per heavy atom. The average Bonchev–Trinajstić information content (AvgIpc) is 2.52. The van der Waals surface area contributed by atoms with E-state index in [0.717, 1.165) is 0 Å². The summed E-state index contributed by atoms with van der Waals surface area (Å²) in [6.07, 6.45) is 0. The van der Waals surface area contributed by atoms with Crippen molar-refractivity contribution in [2.45, 2.75) is 20.8 Å². The molecule has 0 aliphatic carbocycles. The molecule has 7 heteroatoms. The maximum atomic E-state index is 12.5. The number of carbonyl (C=O) groups is 2. The fourth-order valence-electron chi connectivity index (χ4n) is 2.57. The highest BCUT2D eigenvalue weighted by atomic mass is 16.6. The molecule has 1 aliphatic heterocycles. The number of para-hydroxylation sites is 1. The molecule has 1 aromatic carbocycles. The molecule has 1 aliphatic rings. The largest absolute Gasteiger partial charge is 0.339 e. The fraction of sp³-hybridized carbons (Fsp3) is 0.500. The number of piperazine rings is 1. The summed E-state index contributed by atoms with van der Waals surface area (Å²) in [6.45, 7) is 7.24. The lowest BCUT2D eigenvalue weighted by atomic mass is 9.94. The Morgan fingerprint density at radius 1 is 1.04 bits per heavy atom. The van der Waals surface area contributed by atoms with Crippen LogP contribution in [0.5, 0.6) is 0 Å². The Morgan fingerprint density at radius 3 is 2.09 bits per heavy atom. The Labute approximate surface area is 135 Å². The Bertz CT molecular complexity index is 628. The lowest BCUT2D eigenvalue weighted by Gasteiger charge is -2.37. The number of nitro benzene ring substituents is 1. The van der Waals surface area contributed by atoms with Crippen LogP contribution in [-0.4, -0.2) is 52.7 Å². The second-order valence-electron chi connectivity index (χ2n) is 6.61. The lowest BCUT2D eigenvalue weighted by Crippen LogP contribution is -2.53. The number of amides is 2. The van der Waals surface area contributed by atoms with Crippen molar-refractivity contribution in [1.82, 2.24) is 9.80 Å². The van der Waals surface area contributed by atoms with Crippen LogP contribution in [0, 0.1) is 15.5 Å². The quantitative estimate of drug-likeness (QED) is 0.616. The van der Waals surface area contributed by atoms with Crippen molar-refractivity contribution in [2.75, 3.05) is 26.2 Å². The van der Waals surface area contributed by atoms with Crippen molar-refractivity contribution in [2.24, 2.45) is 5.41 Å². The van der Waals surface area contributed by atoms with E-state index in [1.807, 2.05) is 20.8 Å². The van der Waals surface area contributed by atoms with Gasteiger partial charge in [0.1, 0.15) is 5.56 Å². The lowest BCUT2D eigenvalue weighted by molar-refractivity contribution is -0.385. The van der Waals surface area contributed by atoms with Crippen molar-refractivity contribution in [3.8, 4) is 0 Å². The predicted octanol–water partition coefficient (Wildman–Crippen LogP) is 1.93. The summed E-state index contributed by atoms with van der Waals surface area (Å²) in [7, 11) is 0. The molecule has 23 heavy (non-hydrogen) atoms. The molecule has 0 bridgehead atoms.